The molecule has 0 radical (unpaired) electrons. The van der Waals surface area contributed by atoms with E-state index in [4.69, 9.17) is 4.74 Å². The summed E-state index contributed by atoms with van der Waals surface area (Å²) in [5.74, 6) is 0.160. The van der Waals surface area contributed by atoms with Crippen molar-refractivity contribution < 1.29 is 14.3 Å². The van der Waals surface area contributed by atoms with Gasteiger partial charge in [-0.05, 0) is 33.6 Å². The Morgan fingerprint density at radius 3 is 2.86 bits per heavy atom. The summed E-state index contributed by atoms with van der Waals surface area (Å²) in [5, 5.41) is 15.9. The van der Waals surface area contributed by atoms with E-state index in [0.29, 0.717) is 18.8 Å². The minimum Gasteiger partial charge on any atom is -0.444 e. The Morgan fingerprint density at radius 1 is 1.48 bits per heavy atom. The van der Waals surface area contributed by atoms with Crippen LogP contribution in [0.2, 0.25) is 0 Å². The molecule has 0 saturated carbocycles. The zero-order valence-corrected chi connectivity index (χ0v) is 12.4. The molecule has 2 heterocycles. The second-order valence-electron chi connectivity index (χ2n) is 5.88. The number of likely N-dealkylation sites (tertiary alicyclic amines) is 1. The van der Waals surface area contributed by atoms with E-state index in [1.54, 1.807) is 20.8 Å². The van der Waals surface area contributed by atoms with Crippen LogP contribution in [-0.2, 0) is 16.1 Å². The molecule has 2 amide bonds. The number of ether oxygens (including phenoxy) is 1. The number of carbonyl (C=O) groups is 2. The Hall–Kier alpha value is -2.19. The highest BCUT2D eigenvalue weighted by Crippen LogP contribution is 2.20. The maximum atomic E-state index is 12.2. The van der Waals surface area contributed by atoms with E-state index in [0.717, 1.165) is 6.42 Å². The normalized spacial score (nSPS) is 18.6. The monoisotopic (exact) mass is 296 g/mol. The van der Waals surface area contributed by atoms with Crippen molar-refractivity contribution in [3.63, 3.8) is 0 Å². The van der Waals surface area contributed by atoms with Crippen LogP contribution in [0.1, 0.15) is 39.4 Å². The number of tetrazole rings is 1. The lowest BCUT2D eigenvalue weighted by Gasteiger charge is -2.27. The molecule has 1 atom stereocenters. The van der Waals surface area contributed by atoms with E-state index in [2.05, 4.69) is 25.9 Å². The Morgan fingerprint density at radius 2 is 2.24 bits per heavy atom. The molecule has 9 nitrogen and oxygen atoms in total. The summed E-state index contributed by atoms with van der Waals surface area (Å²) < 4.78 is 5.32. The standard InChI is InChI=1S/C12H20N6O3/c1-12(2,3)21-11(20)18-6-4-5-8(18)10(19)13-7-9-14-16-17-15-9/h8H,4-7H2,1-3H3,(H,13,19)(H,14,15,16,17)/t8-/m0/s1. The highest BCUT2D eigenvalue weighted by Gasteiger charge is 2.36. The average molecular weight is 296 g/mol. The number of rotatable bonds is 3. The number of carbonyl (C=O) groups excluding carboxylic acids is 2. The van der Waals surface area contributed by atoms with Crippen LogP contribution >= 0.6 is 0 Å². The summed E-state index contributed by atoms with van der Waals surface area (Å²) in [6.07, 6.45) is 0.941. The van der Waals surface area contributed by atoms with Crippen LogP contribution < -0.4 is 5.32 Å². The number of hydrogen-bond acceptors (Lipinski definition) is 6. The van der Waals surface area contributed by atoms with Gasteiger partial charge in [0.05, 0.1) is 6.54 Å². The van der Waals surface area contributed by atoms with Gasteiger partial charge >= 0.3 is 6.09 Å². The summed E-state index contributed by atoms with van der Waals surface area (Å²) in [5.41, 5.74) is -0.578. The number of nitrogens with zero attached hydrogens (tertiary/aromatic N) is 4. The summed E-state index contributed by atoms with van der Waals surface area (Å²) in [7, 11) is 0. The van der Waals surface area contributed by atoms with Crippen molar-refractivity contribution in [2.24, 2.45) is 0 Å². The Bertz CT molecular complexity index is 496. The fourth-order valence-electron chi connectivity index (χ4n) is 2.12. The molecule has 1 aromatic rings. The molecule has 0 unspecified atom stereocenters. The van der Waals surface area contributed by atoms with Gasteiger partial charge in [-0.25, -0.2) is 4.79 Å². The molecule has 0 aromatic carbocycles. The van der Waals surface area contributed by atoms with Gasteiger partial charge in [0.2, 0.25) is 5.91 Å². The molecule has 1 aliphatic rings. The molecular formula is C12H20N6O3. The van der Waals surface area contributed by atoms with E-state index in [1.807, 2.05) is 0 Å². The van der Waals surface area contributed by atoms with Crippen molar-refractivity contribution in [1.29, 1.82) is 0 Å². The minimum absolute atomic E-state index is 0.175. The Balaban J connectivity index is 1.91. The molecule has 0 aliphatic carbocycles. The number of H-pyrrole nitrogens is 1. The van der Waals surface area contributed by atoms with Crippen LogP contribution in [0.3, 0.4) is 0 Å². The lowest BCUT2D eigenvalue weighted by molar-refractivity contribution is -0.125. The summed E-state index contributed by atoms with van der Waals surface area (Å²) in [4.78, 5) is 25.7. The van der Waals surface area contributed by atoms with Gasteiger partial charge in [-0.15, -0.1) is 10.2 Å². The third-order valence-electron chi connectivity index (χ3n) is 2.99. The topological polar surface area (TPSA) is 113 Å². The van der Waals surface area contributed by atoms with Crippen LogP contribution in [0.15, 0.2) is 0 Å². The SMILES string of the molecule is CC(C)(C)OC(=O)N1CCC[C@H]1C(=O)NCc1nn[nH]n1. The zero-order valence-electron chi connectivity index (χ0n) is 12.4. The Kier molecular flexibility index (Phi) is 4.39. The smallest absolute Gasteiger partial charge is 0.410 e. The molecule has 1 aromatic heterocycles. The van der Waals surface area contributed by atoms with Crippen molar-refractivity contribution >= 4 is 12.0 Å². The second kappa shape index (κ2) is 6.06. The third kappa shape index (κ3) is 4.14. The van der Waals surface area contributed by atoms with E-state index in [1.165, 1.54) is 4.90 Å². The first-order chi connectivity index (χ1) is 9.87. The van der Waals surface area contributed by atoms with Gasteiger partial charge in [-0.1, -0.05) is 5.21 Å². The summed E-state index contributed by atoms with van der Waals surface area (Å²) in [6.45, 7) is 6.09. The summed E-state index contributed by atoms with van der Waals surface area (Å²) in [6, 6.07) is -0.508. The maximum Gasteiger partial charge on any atom is 0.410 e. The molecule has 2 rings (SSSR count). The van der Waals surface area contributed by atoms with Crippen LogP contribution in [0, 0.1) is 0 Å². The van der Waals surface area contributed by atoms with Crippen LogP contribution in [0.25, 0.3) is 0 Å². The molecule has 21 heavy (non-hydrogen) atoms. The minimum atomic E-state index is -0.578. The van der Waals surface area contributed by atoms with Gasteiger partial charge < -0.3 is 10.1 Å². The fourth-order valence-corrected chi connectivity index (χ4v) is 2.12. The van der Waals surface area contributed by atoms with Crippen LogP contribution in [-0.4, -0.2) is 55.7 Å². The molecule has 1 fully saturated rings. The van der Waals surface area contributed by atoms with Crippen LogP contribution in [0.5, 0.6) is 0 Å². The van der Waals surface area contributed by atoms with E-state index < -0.39 is 17.7 Å². The van der Waals surface area contributed by atoms with Gasteiger partial charge in [-0.2, -0.15) is 5.21 Å². The molecule has 1 aliphatic heterocycles. The number of aromatic nitrogens is 4. The predicted octanol–water partition coefficient (Wildman–Crippen LogP) is 0.215. The first-order valence-corrected chi connectivity index (χ1v) is 6.86. The lowest BCUT2D eigenvalue weighted by Crippen LogP contribution is -2.47. The van der Waals surface area contributed by atoms with Crippen LogP contribution in [0.4, 0.5) is 4.79 Å². The van der Waals surface area contributed by atoms with Crippen molar-refractivity contribution in [1.82, 2.24) is 30.8 Å². The number of hydrogen-bond donors (Lipinski definition) is 2. The van der Waals surface area contributed by atoms with Crippen molar-refractivity contribution in [3.8, 4) is 0 Å². The predicted molar refractivity (Wildman–Crippen MR) is 72.0 cm³/mol. The highest BCUT2D eigenvalue weighted by molar-refractivity contribution is 5.86. The molecule has 116 valence electrons. The van der Waals surface area contributed by atoms with Gasteiger partial charge in [0.15, 0.2) is 5.82 Å². The Labute approximate surface area is 122 Å². The number of nitrogens with one attached hydrogen (secondary N) is 2. The zero-order chi connectivity index (χ0) is 15.5. The molecule has 9 heteroatoms. The first-order valence-electron chi connectivity index (χ1n) is 6.86. The average Bonchev–Trinajstić information content (AvgIpc) is 3.05. The van der Waals surface area contributed by atoms with E-state index >= 15 is 0 Å². The highest BCUT2D eigenvalue weighted by atomic mass is 16.6. The fraction of sp³-hybridized carbons (Fsp3) is 0.750. The van der Waals surface area contributed by atoms with Crippen molar-refractivity contribution in [3.05, 3.63) is 5.82 Å². The molecule has 2 N–H and O–H groups in total. The van der Waals surface area contributed by atoms with Crippen molar-refractivity contribution in [2.45, 2.75) is 51.8 Å². The molecular weight excluding hydrogens is 276 g/mol. The maximum absolute atomic E-state index is 12.2. The van der Waals surface area contributed by atoms with Gasteiger partial charge in [0.1, 0.15) is 11.6 Å². The molecule has 1 saturated heterocycles. The quantitative estimate of drug-likeness (QED) is 0.824. The van der Waals surface area contributed by atoms with Gasteiger partial charge in [0, 0.05) is 6.54 Å². The van der Waals surface area contributed by atoms with Gasteiger partial charge in [-0.3, -0.25) is 9.69 Å². The third-order valence-corrected chi connectivity index (χ3v) is 2.99. The largest absolute Gasteiger partial charge is 0.444 e. The van der Waals surface area contributed by atoms with Crippen molar-refractivity contribution in [2.75, 3.05) is 6.54 Å². The molecule has 0 bridgehead atoms. The number of amides is 2. The van der Waals surface area contributed by atoms with E-state index in [-0.39, 0.29) is 12.5 Å². The lowest BCUT2D eigenvalue weighted by atomic mass is 10.2. The second-order valence-corrected chi connectivity index (χ2v) is 5.88. The molecule has 0 spiro atoms. The van der Waals surface area contributed by atoms with E-state index in [9.17, 15) is 9.59 Å². The summed E-state index contributed by atoms with van der Waals surface area (Å²) >= 11 is 0. The first kappa shape index (κ1) is 15.2. The van der Waals surface area contributed by atoms with Gasteiger partial charge in [0.25, 0.3) is 0 Å². The number of aromatic amines is 1.